The minimum absolute atomic E-state index is 0.00217. The molecule has 2 aromatic rings. The van der Waals surface area contributed by atoms with Gasteiger partial charge in [0.1, 0.15) is 0 Å². The number of carbonyl (C=O) groups is 1. The lowest BCUT2D eigenvalue weighted by atomic mass is 10.2. The van der Waals surface area contributed by atoms with Crippen LogP contribution < -0.4 is 15.5 Å². The average Bonchev–Trinajstić information content (AvgIpc) is 2.63. The topological polar surface area (TPSA) is 83.0 Å². The Kier molecular flexibility index (Phi) is 7.47. The van der Waals surface area contributed by atoms with Gasteiger partial charge in [0.05, 0.1) is 23.8 Å². The number of hydrogen-bond acceptors (Lipinski definition) is 5. The zero-order valence-corrected chi connectivity index (χ0v) is 17.5. The molecule has 0 spiro atoms. The fraction of sp³-hybridized carbons (Fsp3) is 0.222. The fourth-order valence-corrected chi connectivity index (χ4v) is 2.96. The highest BCUT2D eigenvalue weighted by atomic mass is 79.9. The molecule has 0 saturated heterocycles. The van der Waals surface area contributed by atoms with Crippen LogP contribution in [0.5, 0.6) is 11.5 Å². The van der Waals surface area contributed by atoms with Crippen LogP contribution in [0.15, 0.2) is 44.4 Å². The van der Waals surface area contributed by atoms with Crippen LogP contribution in [0.3, 0.4) is 0 Å². The van der Waals surface area contributed by atoms with Gasteiger partial charge in [-0.1, -0.05) is 18.2 Å². The molecular formula is C18H19Br2N3O3. The summed E-state index contributed by atoms with van der Waals surface area (Å²) >= 11 is 6.67. The molecule has 0 radical (unpaired) electrons. The summed E-state index contributed by atoms with van der Waals surface area (Å²) in [5, 5.41) is 17.0. The van der Waals surface area contributed by atoms with E-state index in [1.54, 1.807) is 6.07 Å². The number of anilines is 1. The van der Waals surface area contributed by atoms with Crippen molar-refractivity contribution in [1.82, 2.24) is 5.43 Å². The number of halogens is 2. The molecule has 2 rings (SSSR count). The van der Waals surface area contributed by atoms with E-state index >= 15 is 0 Å². The molecule has 3 N–H and O–H groups in total. The number of nitrogens with zero attached hydrogens (tertiary/aromatic N) is 1. The molecule has 0 aliphatic carbocycles. The lowest BCUT2D eigenvalue weighted by molar-refractivity contribution is -0.119. The molecular weight excluding hydrogens is 466 g/mol. The largest absolute Gasteiger partial charge is 0.503 e. The maximum absolute atomic E-state index is 11.9. The Bertz CT molecular complexity index is 826. The highest BCUT2D eigenvalue weighted by Crippen LogP contribution is 2.41. The van der Waals surface area contributed by atoms with Crippen molar-refractivity contribution < 1.29 is 14.6 Å². The summed E-state index contributed by atoms with van der Waals surface area (Å²) in [6.45, 7) is 4.31. The molecule has 0 bridgehead atoms. The van der Waals surface area contributed by atoms with Crippen LogP contribution in [0.1, 0.15) is 18.1 Å². The van der Waals surface area contributed by atoms with Gasteiger partial charge in [-0.2, -0.15) is 5.10 Å². The van der Waals surface area contributed by atoms with Crippen molar-refractivity contribution in [3.8, 4) is 11.5 Å². The first-order valence-corrected chi connectivity index (χ1v) is 9.47. The van der Waals surface area contributed by atoms with Crippen molar-refractivity contribution >= 4 is 49.7 Å². The summed E-state index contributed by atoms with van der Waals surface area (Å²) in [6.07, 6.45) is 1.47. The fourth-order valence-electron chi connectivity index (χ4n) is 2.13. The van der Waals surface area contributed by atoms with Crippen molar-refractivity contribution in [3.05, 3.63) is 50.4 Å². The Hall–Kier alpha value is -2.06. The van der Waals surface area contributed by atoms with Gasteiger partial charge < -0.3 is 15.2 Å². The molecule has 0 aromatic heterocycles. The van der Waals surface area contributed by atoms with Crippen LogP contribution in [0.25, 0.3) is 0 Å². The lowest BCUT2D eigenvalue weighted by Crippen LogP contribution is -2.26. The molecule has 0 atom stereocenters. The van der Waals surface area contributed by atoms with Crippen LogP contribution in [-0.4, -0.2) is 30.4 Å². The summed E-state index contributed by atoms with van der Waals surface area (Å²) in [6, 6.07) is 9.35. The predicted octanol–water partition coefficient (Wildman–Crippen LogP) is 4.19. The number of phenols is 1. The number of benzene rings is 2. The smallest absolute Gasteiger partial charge is 0.259 e. The maximum Gasteiger partial charge on any atom is 0.259 e. The third-order valence-corrected chi connectivity index (χ3v) is 5.61. The Morgan fingerprint density at radius 2 is 2.04 bits per heavy atom. The Morgan fingerprint density at radius 1 is 1.31 bits per heavy atom. The molecule has 0 saturated carbocycles. The second-order valence-corrected chi connectivity index (χ2v) is 6.92. The normalized spacial score (nSPS) is 10.8. The number of ether oxygens (including phenoxy) is 1. The van der Waals surface area contributed by atoms with Gasteiger partial charge >= 0.3 is 0 Å². The van der Waals surface area contributed by atoms with Gasteiger partial charge in [-0.25, -0.2) is 5.43 Å². The van der Waals surface area contributed by atoms with Crippen LogP contribution in [0.4, 0.5) is 5.69 Å². The molecule has 2 aromatic carbocycles. The summed E-state index contributed by atoms with van der Waals surface area (Å²) in [5.41, 5.74) is 5.07. The number of aromatic hydroxyl groups is 1. The number of rotatable bonds is 7. The van der Waals surface area contributed by atoms with Crippen molar-refractivity contribution in [2.24, 2.45) is 5.10 Å². The average molecular weight is 485 g/mol. The van der Waals surface area contributed by atoms with Crippen molar-refractivity contribution in [1.29, 1.82) is 0 Å². The maximum atomic E-state index is 11.9. The molecule has 8 heteroatoms. The highest BCUT2D eigenvalue weighted by molar-refractivity contribution is 9.13. The molecule has 138 valence electrons. The summed E-state index contributed by atoms with van der Waals surface area (Å²) < 4.78 is 6.44. The second kappa shape index (κ2) is 9.59. The number of nitrogens with one attached hydrogen (secondary N) is 2. The van der Waals surface area contributed by atoms with Crippen LogP contribution >= 0.6 is 31.9 Å². The highest BCUT2D eigenvalue weighted by Gasteiger charge is 2.14. The number of para-hydroxylation sites is 1. The lowest BCUT2D eigenvalue weighted by Gasteiger charge is -2.11. The number of phenolic OH excluding ortho intramolecular Hbond substituents is 1. The zero-order chi connectivity index (χ0) is 19.1. The van der Waals surface area contributed by atoms with Crippen LogP contribution in [0, 0.1) is 6.92 Å². The first-order valence-electron chi connectivity index (χ1n) is 7.89. The zero-order valence-electron chi connectivity index (χ0n) is 14.3. The summed E-state index contributed by atoms with van der Waals surface area (Å²) in [4.78, 5) is 11.9. The van der Waals surface area contributed by atoms with Gasteiger partial charge in [-0.15, -0.1) is 0 Å². The first-order chi connectivity index (χ1) is 12.4. The predicted molar refractivity (Wildman–Crippen MR) is 110 cm³/mol. The molecule has 0 aliphatic heterocycles. The van der Waals surface area contributed by atoms with Crippen molar-refractivity contribution in [2.75, 3.05) is 18.5 Å². The van der Waals surface area contributed by atoms with E-state index in [1.807, 2.05) is 38.1 Å². The summed E-state index contributed by atoms with van der Waals surface area (Å²) in [7, 11) is 0. The molecule has 26 heavy (non-hydrogen) atoms. The summed E-state index contributed by atoms with van der Waals surface area (Å²) in [5.74, 6) is 0.0578. The number of hydrogen-bond donors (Lipinski definition) is 3. The molecule has 0 heterocycles. The standard InChI is InChI=1S/C18H19Br2N3O3/c1-3-26-14-8-12(16(19)17(20)18(14)25)9-22-23-15(24)10-21-13-7-5-4-6-11(13)2/h4-9,21,25H,3,10H2,1-2H3,(H,23,24). The Balaban J connectivity index is 1.99. The molecule has 0 unspecified atom stereocenters. The van der Waals surface area contributed by atoms with E-state index in [2.05, 4.69) is 47.7 Å². The van der Waals surface area contributed by atoms with Gasteiger partial charge in [-0.05, 0) is 63.4 Å². The third kappa shape index (κ3) is 5.22. The second-order valence-electron chi connectivity index (χ2n) is 5.34. The number of carbonyl (C=O) groups excluding carboxylic acids is 1. The van der Waals surface area contributed by atoms with Gasteiger partial charge in [0.15, 0.2) is 11.5 Å². The van der Waals surface area contributed by atoms with E-state index in [4.69, 9.17) is 4.74 Å². The van der Waals surface area contributed by atoms with E-state index in [0.29, 0.717) is 26.9 Å². The Morgan fingerprint density at radius 3 is 2.73 bits per heavy atom. The Labute approximate surface area is 168 Å². The minimum atomic E-state index is -0.275. The van der Waals surface area contributed by atoms with E-state index in [-0.39, 0.29) is 18.2 Å². The number of hydrazone groups is 1. The van der Waals surface area contributed by atoms with Gasteiger partial charge in [0.2, 0.25) is 0 Å². The van der Waals surface area contributed by atoms with Crippen LogP contribution in [0.2, 0.25) is 0 Å². The van der Waals surface area contributed by atoms with Crippen molar-refractivity contribution in [3.63, 3.8) is 0 Å². The van der Waals surface area contributed by atoms with Gasteiger partial charge in [0.25, 0.3) is 5.91 Å². The molecule has 6 nitrogen and oxygen atoms in total. The minimum Gasteiger partial charge on any atom is -0.503 e. The monoisotopic (exact) mass is 483 g/mol. The van der Waals surface area contributed by atoms with Gasteiger partial charge in [-0.3, -0.25) is 4.79 Å². The third-order valence-electron chi connectivity index (χ3n) is 3.45. The molecule has 0 aliphatic rings. The SMILES string of the molecule is CCOc1cc(C=NNC(=O)CNc2ccccc2C)c(Br)c(Br)c1O. The molecule has 0 fully saturated rings. The van der Waals surface area contributed by atoms with E-state index < -0.39 is 0 Å². The van der Waals surface area contributed by atoms with Gasteiger partial charge in [0, 0.05) is 15.7 Å². The van der Waals surface area contributed by atoms with Crippen LogP contribution in [-0.2, 0) is 4.79 Å². The number of aryl methyl sites for hydroxylation is 1. The first kappa shape index (κ1) is 20.3. The van der Waals surface area contributed by atoms with E-state index in [0.717, 1.165) is 11.3 Å². The van der Waals surface area contributed by atoms with Crippen molar-refractivity contribution in [2.45, 2.75) is 13.8 Å². The van der Waals surface area contributed by atoms with E-state index in [1.165, 1.54) is 6.21 Å². The number of amides is 1. The molecule has 1 amide bonds. The quantitative estimate of drug-likeness (QED) is 0.406. The van der Waals surface area contributed by atoms with E-state index in [9.17, 15) is 9.90 Å².